The molecule has 0 aromatic heterocycles. The van der Waals surface area contributed by atoms with Crippen LogP contribution in [0.3, 0.4) is 0 Å². The Labute approximate surface area is 107 Å². The fourth-order valence-corrected chi connectivity index (χ4v) is 2.77. The van der Waals surface area contributed by atoms with E-state index in [1.54, 1.807) is 0 Å². The summed E-state index contributed by atoms with van der Waals surface area (Å²) < 4.78 is 0. The molecule has 0 unspecified atom stereocenters. The summed E-state index contributed by atoms with van der Waals surface area (Å²) in [6.07, 6.45) is 4.60. The summed E-state index contributed by atoms with van der Waals surface area (Å²) >= 11 is 0. The molecule has 18 heavy (non-hydrogen) atoms. The normalized spacial score (nSPS) is 18.9. The lowest BCUT2D eigenvalue weighted by Crippen LogP contribution is -2.18. The quantitative estimate of drug-likeness (QED) is 0.866. The lowest BCUT2D eigenvalue weighted by molar-refractivity contribution is -0.137. The predicted molar refractivity (Wildman–Crippen MR) is 69.3 cm³/mol. The first-order valence-corrected chi connectivity index (χ1v) is 6.79. The molecule has 1 aromatic carbocycles. The Balaban J connectivity index is 1.61. The summed E-state index contributed by atoms with van der Waals surface area (Å²) in [4.78, 5) is 13.1. The number of nitrogens with zero attached hydrogens (tertiary/aromatic N) is 1. The Morgan fingerprint density at radius 1 is 1.28 bits per heavy atom. The first kappa shape index (κ1) is 11.7. The van der Waals surface area contributed by atoms with Gasteiger partial charge in [-0.05, 0) is 42.4 Å². The second kappa shape index (κ2) is 4.73. The monoisotopic (exact) mass is 245 g/mol. The highest BCUT2D eigenvalue weighted by atomic mass is 16.4. The van der Waals surface area contributed by atoms with Crippen LogP contribution in [0.4, 0.5) is 0 Å². The van der Waals surface area contributed by atoms with Crippen LogP contribution in [0.15, 0.2) is 18.2 Å². The van der Waals surface area contributed by atoms with Gasteiger partial charge in [-0.3, -0.25) is 9.69 Å². The average Bonchev–Trinajstić information content (AvgIpc) is 3.09. The predicted octanol–water partition coefficient (Wildman–Crippen LogP) is 2.57. The summed E-state index contributed by atoms with van der Waals surface area (Å²) in [6, 6.07) is 7.50. The van der Waals surface area contributed by atoms with Crippen molar-refractivity contribution < 1.29 is 9.90 Å². The van der Waals surface area contributed by atoms with Crippen LogP contribution in [-0.2, 0) is 24.3 Å². The molecule has 1 aromatic rings. The van der Waals surface area contributed by atoms with E-state index in [0.717, 1.165) is 32.0 Å². The summed E-state index contributed by atoms with van der Waals surface area (Å²) in [5.74, 6) is -0.698. The van der Waals surface area contributed by atoms with Gasteiger partial charge in [0.15, 0.2) is 0 Å². The smallest absolute Gasteiger partial charge is 0.303 e. The van der Waals surface area contributed by atoms with Crippen LogP contribution in [0, 0.1) is 0 Å². The maximum atomic E-state index is 10.5. The fourth-order valence-electron chi connectivity index (χ4n) is 2.77. The van der Waals surface area contributed by atoms with Crippen LogP contribution in [0.1, 0.15) is 42.4 Å². The molecule has 1 heterocycles. The van der Waals surface area contributed by atoms with Crippen molar-refractivity contribution in [3.63, 3.8) is 0 Å². The molecule has 0 atom stereocenters. The number of benzene rings is 1. The number of aliphatic carboxylic acids is 1. The largest absolute Gasteiger partial charge is 0.481 e. The molecule has 0 saturated heterocycles. The van der Waals surface area contributed by atoms with Crippen molar-refractivity contribution in [2.24, 2.45) is 0 Å². The van der Waals surface area contributed by atoms with Gasteiger partial charge in [-0.1, -0.05) is 18.2 Å². The molecule has 1 aliphatic carbocycles. The zero-order valence-corrected chi connectivity index (χ0v) is 10.6. The highest BCUT2D eigenvalue weighted by Crippen LogP contribution is 2.34. The molecule has 3 rings (SSSR count). The van der Waals surface area contributed by atoms with Gasteiger partial charge in [0.05, 0.1) is 0 Å². The van der Waals surface area contributed by atoms with Crippen LogP contribution in [0.2, 0.25) is 0 Å². The van der Waals surface area contributed by atoms with E-state index in [1.807, 2.05) is 0 Å². The van der Waals surface area contributed by atoms with E-state index in [4.69, 9.17) is 5.11 Å². The summed E-state index contributed by atoms with van der Waals surface area (Å²) in [7, 11) is 0. The second-order valence-electron chi connectivity index (χ2n) is 5.49. The van der Waals surface area contributed by atoms with Crippen LogP contribution in [0.5, 0.6) is 0 Å². The van der Waals surface area contributed by atoms with Gasteiger partial charge in [-0.2, -0.15) is 0 Å². The van der Waals surface area contributed by atoms with E-state index in [1.165, 1.54) is 29.5 Å². The zero-order valence-electron chi connectivity index (χ0n) is 10.6. The molecule has 3 heteroatoms. The van der Waals surface area contributed by atoms with Gasteiger partial charge >= 0.3 is 5.97 Å². The fraction of sp³-hybridized carbons (Fsp3) is 0.533. The van der Waals surface area contributed by atoms with E-state index >= 15 is 0 Å². The molecule has 0 bridgehead atoms. The van der Waals surface area contributed by atoms with Crippen molar-refractivity contribution in [2.45, 2.75) is 51.2 Å². The standard InChI is InChI=1S/C15H19NO2/c17-15(18)3-1-2-11-4-5-12-9-16(14-6-7-14)10-13(12)8-11/h4-5,8,14H,1-3,6-7,9-10H2,(H,17,18). The number of aryl methyl sites for hydroxylation is 1. The number of carboxylic acids is 1. The van der Waals surface area contributed by atoms with Gasteiger partial charge in [0, 0.05) is 25.6 Å². The lowest BCUT2D eigenvalue weighted by Gasteiger charge is -2.11. The molecule has 2 aliphatic rings. The van der Waals surface area contributed by atoms with Gasteiger partial charge in [-0.25, -0.2) is 0 Å². The number of fused-ring (bicyclic) bond motifs is 1. The van der Waals surface area contributed by atoms with Crippen molar-refractivity contribution >= 4 is 5.97 Å². The Morgan fingerprint density at radius 2 is 2.06 bits per heavy atom. The molecule has 3 nitrogen and oxygen atoms in total. The summed E-state index contributed by atoms with van der Waals surface area (Å²) in [6.45, 7) is 2.20. The van der Waals surface area contributed by atoms with Crippen molar-refractivity contribution in [1.82, 2.24) is 4.90 Å². The van der Waals surface area contributed by atoms with Crippen molar-refractivity contribution in [2.75, 3.05) is 0 Å². The van der Waals surface area contributed by atoms with Crippen LogP contribution in [0.25, 0.3) is 0 Å². The van der Waals surface area contributed by atoms with Gasteiger partial charge in [-0.15, -0.1) is 0 Å². The maximum absolute atomic E-state index is 10.5. The molecule has 0 amide bonds. The van der Waals surface area contributed by atoms with E-state index < -0.39 is 5.97 Å². The number of rotatable bonds is 5. The van der Waals surface area contributed by atoms with Crippen LogP contribution < -0.4 is 0 Å². The third-order valence-electron chi connectivity index (χ3n) is 3.94. The second-order valence-corrected chi connectivity index (χ2v) is 5.49. The third-order valence-corrected chi connectivity index (χ3v) is 3.94. The number of hydrogen-bond acceptors (Lipinski definition) is 2. The van der Waals surface area contributed by atoms with Crippen molar-refractivity contribution in [3.05, 3.63) is 34.9 Å². The van der Waals surface area contributed by atoms with E-state index in [2.05, 4.69) is 23.1 Å². The Morgan fingerprint density at radius 3 is 2.78 bits per heavy atom. The first-order chi connectivity index (χ1) is 8.72. The number of carboxylic acid groups (broad SMARTS) is 1. The zero-order chi connectivity index (χ0) is 12.5. The van der Waals surface area contributed by atoms with E-state index in [0.29, 0.717) is 0 Å². The number of hydrogen-bond donors (Lipinski definition) is 1. The third kappa shape index (κ3) is 2.56. The molecule has 96 valence electrons. The van der Waals surface area contributed by atoms with Crippen molar-refractivity contribution in [3.8, 4) is 0 Å². The van der Waals surface area contributed by atoms with Gasteiger partial charge in [0.1, 0.15) is 0 Å². The molecule has 0 spiro atoms. The summed E-state index contributed by atoms with van der Waals surface area (Å²) in [5, 5.41) is 8.64. The lowest BCUT2D eigenvalue weighted by atomic mass is 10.0. The minimum atomic E-state index is -0.698. The Hall–Kier alpha value is -1.35. The summed E-state index contributed by atoms with van der Waals surface area (Å²) in [5.41, 5.74) is 4.20. The van der Waals surface area contributed by atoms with Crippen LogP contribution in [-0.4, -0.2) is 22.0 Å². The molecule has 0 radical (unpaired) electrons. The minimum absolute atomic E-state index is 0.269. The maximum Gasteiger partial charge on any atom is 0.303 e. The Kier molecular flexibility index (Phi) is 3.08. The van der Waals surface area contributed by atoms with Gasteiger partial charge in [0.2, 0.25) is 0 Å². The molecule has 1 N–H and O–H groups in total. The van der Waals surface area contributed by atoms with Crippen molar-refractivity contribution in [1.29, 1.82) is 0 Å². The molecule has 1 fully saturated rings. The van der Waals surface area contributed by atoms with E-state index in [-0.39, 0.29) is 6.42 Å². The SMILES string of the molecule is O=C(O)CCCc1ccc2c(c1)CN(C1CC1)C2. The molecule has 1 saturated carbocycles. The van der Waals surface area contributed by atoms with Crippen LogP contribution >= 0.6 is 0 Å². The average molecular weight is 245 g/mol. The van der Waals surface area contributed by atoms with E-state index in [9.17, 15) is 4.79 Å². The molecule has 1 aliphatic heterocycles. The first-order valence-electron chi connectivity index (χ1n) is 6.79. The van der Waals surface area contributed by atoms with Gasteiger partial charge < -0.3 is 5.11 Å². The Bertz CT molecular complexity index is 466. The van der Waals surface area contributed by atoms with Gasteiger partial charge in [0.25, 0.3) is 0 Å². The highest BCUT2D eigenvalue weighted by molar-refractivity contribution is 5.66. The molecular formula is C15H19NO2. The molecular weight excluding hydrogens is 226 g/mol. The number of carbonyl (C=O) groups is 1. The highest BCUT2D eigenvalue weighted by Gasteiger charge is 2.32. The minimum Gasteiger partial charge on any atom is -0.481 e. The topological polar surface area (TPSA) is 40.5 Å².